The molecule has 1 unspecified atom stereocenters. The Labute approximate surface area is 320 Å². The Kier molecular flexibility index (Phi) is 11.2. The van der Waals surface area contributed by atoms with Crippen molar-refractivity contribution >= 4 is 0 Å². The van der Waals surface area contributed by atoms with Gasteiger partial charge in [0.05, 0.1) is 38.0 Å². The lowest BCUT2D eigenvalue weighted by Crippen LogP contribution is -2.54. The second-order valence-corrected chi connectivity index (χ2v) is 15.9. The molecule has 10 heteroatoms. The zero-order chi connectivity index (χ0) is 37.7. The summed E-state index contributed by atoms with van der Waals surface area (Å²) in [7, 11) is 6.98. The van der Waals surface area contributed by atoms with Gasteiger partial charge >= 0.3 is 0 Å². The van der Waals surface area contributed by atoms with E-state index in [1.807, 2.05) is 20.0 Å². The first-order valence-corrected chi connectivity index (χ1v) is 19.0. The molecule has 2 aliphatic carbocycles. The number of hydrogen-bond donors (Lipinski definition) is 0. The molecule has 4 aliphatic rings. The van der Waals surface area contributed by atoms with Gasteiger partial charge in [-0.15, -0.1) is 0 Å². The van der Waals surface area contributed by atoms with Crippen molar-refractivity contribution in [1.29, 1.82) is 5.26 Å². The molecule has 0 bridgehead atoms. The molecule has 3 fully saturated rings. The van der Waals surface area contributed by atoms with Crippen LogP contribution < -0.4 is 15.0 Å². The van der Waals surface area contributed by atoms with Gasteiger partial charge in [0.15, 0.2) is 0 Å². The van der Waals surface area contributed by atoms with E-state index in [9.17, 15) is 10.1 Å². The maximum atomic E-state index is 12.6. The van der Waals surface area contributed by atoms with Crippen LogP contribution in [0, 0.1) is 30.6 Å². The second-order valence-electron chi connectivity index (χ2n) is 15.9. The molecular weight excluding hydrogens is 679 g/mol. The zero-order valence-electron chi connectivity index (χ0n) is 33.2. The molecular formula is C44H57N5O5. The molecule has 2 N–H and O–H groups in total. The van der Waals surface area contributed by atoms with E-state index in [1.54, 1.807) is 32.9 Å². The highest BCUT2D eigenvalue weighted by molar-refractivity contribution is 5.72. The van der Waals surface area contributed by atoms with E-state index in [-0.39, 0.29) is 28.0 Å². The number of aryl methyl sites for hydroxylation is 1. The van der Waals surface area contributed by atoms with E-state index in [0.29, 0.717) is 12.2 Å². The van der Waals surface area contributed by atoms with Crippen molar-refractivity contribution in [2.75, 3.05) is 54.1 Å². The Bertz CT molecular complexity index is 2030. The predicted octanol–water partition coefficient (Wildman–Crippen LogP) is 6.02. The SMILES string of the molecule is C=C(/C(C#N)=C/C1(COC)CC1)N1CCc2c(CN3CCN(Cc4c(OC)cc(-c5cn(C)c(=O)c(C)c5C)cc4OC)CC34CC4)cccc2C1C.O. The van der Waals surface area contributed by atoms with Crippen LogP contribution >= 0.6 is 0 Å². The number of allylic oxidation sites excluding steroid dienone is 1. The van der Waals surface area contributed by atoms with Gasteiger partial charge in [0, 0.05) is 87.4 Å². The van der Waals surface area contributed by atoms with Gasteiger partial charge in [-0.3, -0.25) is 14.6 Å². The van der Waals surface area contributed by atoms with Crippen molar-refractivity contribution in [2.24, 2.45) is 12.5 Å². The van der Waals surface area contributed by atoms with E-state index in [4.69, 9.17) is 14.2 Å². The van der Waals surface area contributed by atoms with Gasteiger partial charge in [-0.25, -0.2) is 0 Å². The Balaban J connectivity index is 0.00000497. The summed E-state index contributed by atoms with van der Waals surface area (Å²) in [6.45, 7) is 16.7. The van der Waals surface area contributed by atoms with Crippen molar-refractivity contribution in [3.05, 3.63) is 104 Å². The highest BCUT2D eigenvalue weighted by Gasteiger charge is 2.51. The third-order valence-corrected chi connectivity index (χ3v) is 12.7. The first kappa shape index (κ1) is 39.3. The number of benzene rings is 2. The Morgan fingerprint density at radius 1 is 1.02 bits per heavy atom. The number of aromatic nitrogens is 1. The van der Waals surface area contributed by atoms with Crippen LogP contribution in [0.1, 0.15) is 72.0 Å². The van der Waals surface area contributed by atoms with E-state index in [2.05, 4.69) is 70.7 Å². The quantitative estimate of drug-likeness (QED) is 0.164. The van der Waals surface area contributed by atoms with Crippen molar-refractivity contribution < 1.29 is 19.7 Å². The fraction of sp³-hybridized carbons (Fsp3) is 0.500. The molecule has 1 aromatic heterocycles. The highest BCUT2D eigenvalue weighted by atomic mass is 16.5. The van der Waals surface area contributed by atoms with Crippen LogP contribution in [-0.4, -0.2) is 84.4 Å². The number of ether oxygens (including phenoxy) is 3. The van der Waals surface area contributed by atoms with E-state index in [0.717, 1.165) is 104 Å². The summed E-state index contributed by atoms with van der Waals surface area (Å²) >= 11 is 0. The zero-order valence-corrected chi connectivity index (χ0v) is 33.2. The van der Waals surface area contributed by atoms with Crippen LogP contribution in [0.5, 0.6) is 11.5 Å². The molecule has 2 saturated carbocycles. The summed E-state index contributed by atoms with van der Waals surface area (Å²) in [5.41, 5.74) is 10.7. The predicted molar refractivity (Wildman–Crippen MR) is 213 cm³/mol. The molecule has 54 heavy (non-hydrogen) atoms. The van der Waals surface area contributed by atoms with Gasteiger partial charge in [-0.05, 0) is 92.8 Å². The fourth-order valence-electron chi connectivity index (χ4n) is 8.97. The third kappa shape index (κ3) is 7.23. The van der Waals surface area contributed by atoms with Crippen LogP contribution in [-0.2, 0) is 31.3 Å². The molecule has 0 amide bonds. The van der Waals surface area contributed by atoms with Crippen molar-refractivity contribution in [2.45, 2.75) is 77.5 Å². The lowest BCUT2D eigenvalue weighted by Gasteiger charge is -2.43. The monoisotopic (exact) mass is 735 g/mol. The molecule has 2 aliphatic heterocycles. The average Bonchev–Trinajstić information content (AvgIpc) is 4.10. The molecule has 1 spiro atoms. The van der Waals surface area contributed by atoms with Crippen molar-refractivity contribution in [1.82, 2.24) is 19.3 Å². The first-order chi connectivity index (χ1) is 25.5. The minimum atomic E-state index is -0.0115. The standard InChI is InChI=1S/C44H55N5O4.H2O/c1-29-30(2)42(50)46(5)25-38(29)34-20-40(52-7)39(41(21-34)53-8)26-47-18-19-48(44(27-47)15-16-44)24-33-10-9-11-36-32(4)49(17-12-37(33)36)31(3)35(23-45)22-43(13-14-43)28-51-6;/h9-11,20-22,25,32H,3,12-19,24,26-28H2,1-2,4-8H3;1H2/b35-22+;. The van der Waals surface area contributed by atoms with Crippen LogP contribution in [0.4, 0.5) is 0 Å². The minimum Gasteiger partial charge on any atom is -0.496 e. The smallest absolute Gasteiger partial charge is 0.253 e. The maximum Gasteiger partial charge on any atom is 0.253 e. The lowest BCUT2D eigenvalue weighted by atomic mass is 9.88. The summed E-state index contributed by atoms with van der Waals surface area (Å²) < 4.78 is 19.1. The minimum absolute atomic E-state index is 0. The summed E-state index contributed by atoms with van der Waals surface area (Å²) in [5.74, 6) is 1.61. The number of piperazine rings is 1. The molecule has 1 atom stereocenters. The van der Waals surface area contributed by atoms with E-state index in [1.165, 1.54) is 29.5 Å². The maximum absolute atomic E-state index is 12.6. The number of nitriles is 1. The molecule has 3 aromatic rings. The summed E-state index contributed by atoms with van der Waals surface area (Å²) in [6.07, 6.45) is 9.49. The first-order valence-electron chi connectivity index (χ1n) is 19.0. The van der Waals surface area contributed by atoms with Gasteiger partial charge in [0.2, 0.25) is 0 Å². The molecule has 0 radical (unpaired) electrons. The number of methoxy groups -OCH3 is 3. The second kappa shape index (κ2) is 15.4. The van der Waals surface area contributed by atoms with Crippen LogP contribution in [0.25, 0.3) is 11.1 Å². The van der Waals surface area contributed by atoms with Gasteiger partial charge < -0.3 is 29.2 Å². The summed E-state index contributed by atoms with van der Waals surface area (Å²) in [4.78, 5) is 20.2. The van der Waals surface area contributed by atoms with Crippen LogP contribution in [0.2, 0.25) is 0 Å². The number of hydrogen-bond acceptors (Lipinski definition) is 8. The van der Waals surface area contributed by atoms with Crippen molar-refractivity contribution in [3.8, 4) is 28.7 Å². The number of rotatable bonds is 12. The molecule has 288 valence electrons. The van der Waals surface area contributed by atoms with Gasteiger partial charge in [0.25, 0.3) is 5.56 Å². The Hall–Kier alpha value is -4.40. The lowest BCUT2D eigenvalue weighted by molar-refractivity contribution is 0.0479. The third-order valence-electron chi connectivity index (χ3n) is 12.7. The Morgan fingerprint density at radius 2 is 1.72 bits per heavy atom. The summed E-state index contributed by atoms with van der Waals surface area (Å²) in [5, 5.41) is 10.1. The molecule has 2 aromatic carbocycles. The van der Waals surface area contributed by atoms with Crippen LogP contribution in [0.3, 0.4) is 0 Å². The van der Waals surface area contributed by atoms with Crippen LogP contribution in [0.15, 0.2) is 65.2 Å². The molecule has 7 rings (SSSR count). The average molecular weight is 736 g/mol. The van der Waals surface area contributed by atoms with Gasteiger partial charge in [0.1, 0.15) is 17.6 Å². The summed E-state index contributed by atoms with van der Waals surface area (Å²) in [6, 6.07) is 13.6. The molecule has 10 nitrogen and oxygen atoms in total. The van der Waals surface area contributed by atoms with E-state index < -0.39 is 0 Å². The largest absolute Gasteiger partial charge is 0.496 e. The number of nitrogens with zero attached hydrogens (tertiary/aromatic N) is 5. The fourth-order valence-corrected chi connectivity index (χ4v) is 8.97. The molecule has 1 saturated heterocycles. The normalized spacial score (nSPS) is 20.1. The number of fused-ring (bicyclic) bond motifs is 1. The topological polar surface area (TPSA) is 115 Å². The molecule has 3 heterocycles. The van der Waals surface area contributed by atoms with Gasteiger partial charge in [-0.2, -0.15) is 5.26 Å². The van der Waals surface area contributed by atoms with Crippen molar-refractivity contribution in [3.63, 3.8) is 0 Å². The van der Waals surface area contributed by atoms with Gasteiger partial charge in [-0.1, -0.05) is 30.9 Å². The van der Waals surface area contributed by atoms with E-state index >= 15 is 0 Å². The highest BCUT2D eigenvalue weighted by Crippen LogP contribution is 2.49. The Morgan fingerprint density at radius 3 is 2.33 bits per heavy atom. The number of pyridine rings is 1.